The van der Waals surface area contributed by atoms with Crippen LogP contribution in [-0.2, 0) is 0 Å². The van der Waals surface area contributed by atoms with Crippen LogP contribution in [0.2, 0.25) is 0 Å². The van der Waals surface area contributed by atoms with Gasteiger partial charge in [-0.15, -0.1) is 0 Å². The summed E-state index contributed by atoms with van der Waals surface area (Å²) in [6.45, 7) is 0. The molecule has 0 amide bonds. The normalized spacial score (nSPS) is 11.8. The van der Waals surface area contributed by atoms with Crippen LogP contribution in [0, 0.1) is 0 Å². The molecule has 13 aromatic rings. The summed E-state index contributed by atoms with van der Waals surface area (Å²) in [6.07, 6.45) is 0. The molecular formula is C57H34N4O2. The Morgan fingerprint density at radius 3 is 1.51 bits per heavy atom. The van der Waals surface area contributed by atoms with Gasteiger partial charge in [-0.25, -0.2) is 15.0 Å². The zero-order valence-corrected chi connectivity index (χ0v) is 33.7. The Bertz CT molecular complexity index is 3880. The van der Waals surface area contributed by atoms with E-state index in [0.717, 1.165) is 99.5 Å². The Hall–Kier alpha value is -8.61. The van der Waals surface area contributed by atoms with E-state index < -0.39 is 0 Å². The Morgan fingerprint density at radius 1 is 0.302 bits per heavy atom. The van der Waals surface area contributed by atoms with E-state index in [1.165, 1.54) is 10.8 Å². The highest BCUT2D eigenvalue weighted by Crippen LogP contribution is 2.43. The number of hydrogen-bond acceptors (Lipinski definition) is 5. The highest BCUT2D eigenvalue weighted by atomic mass is 16.3. The van der Waals surface area contributed by atoms with Crippen molar-refractivity contribution in [2.24, 2.45) is 0 Å². The van der Waals surface area contributed by atoms with Crippen molar-refractivity contribution in [2.45, 2.75) is 0 Å². The monoisotopic (exact) mass is 806 g/mol. The quantitative estimate of drug-likeness (QED) is 0.167. The molecule has 0 fully saturated rings. The van der Waals surface area contributed by atoms with Crippen LogP contribution in [0.3, 0.4) is 0 Å². The Kier molecular flexibility index (Phi) is 7.80. The second-order valence-corrected chi connectivity index (χ2v) is 15.9. The summed E-state index contributed by atoms with van der Waals surface area (Å²) in [5.41, 5.74) is 13.2. The lowest BCUT2D eigenvalue weighted by Gasteiger charge is -2.15. The van der Waals surface area contributed by atoms with Gasteiger partial charge in [-0.1, -0.05) is 152 Å². The van der Waals surface area contributed by atoms with Crippen LogP contribution in [-0.4, -0.2) is 19.5 Å². The third-order valence-electron chi connectivity index (χ3n) is 12.3. The van der Waals surface area contributed by atoms with Gasteiger partial charge >= 0.3 is 0 Å². The molecular weight excluding hydrogens is 773 g/mol. The molecule has 0 saturated heterocycles. The number of rotatable bonds is 6. The number of hydrogen-bond donors (Lipinski definition) is 0. The Balaban J connectivity index is 1.08. The summed E-state index contributed by atoms with van der Waals surface area (Å²) in [7, 11) is 0. The first-order valence-electron chi connectivity index (χ1n) is 21.1. The summed E-state index contributed by atoms with van der Waals surface area (Å²) < 4.78 is 15.4. The van der Waals surface area contributed by atoms with Gasteiger partial charge < -0.3 is 13.4 Å². The largest absolute Gasteiger partial charge is 0.456 e. The lowest BCUT2D eigenvalue weighted by Crippen LogP contribution is -2.02. The van der Waals surface area contributed by atoms with Gasteiger partial charge in [0.25, 0.3) is 0 Å². The van der Waals surface area contributed by atoms with Crippen LogP contribution in [0.5, 0.6) is 0 Å². The Labute approximate surface area is 361 Å². The zero-order chi connectivity index (χ0) is 41.4. The lowest BCUT2D eigenvalue weighted by molar-refractivity contribution is 0.669. The first-order valence-corrected chi connectivity index (χ1v) is 21.1. The number of fused-ring (bicyclic) bond motifs is 9. The highest BCUT2D eigenvalue weighted by molar-refractivity contribution is 6.14. The molecule has 4 heterocycles. The van der Waals surface area contributed by atoms with Crippen LogP contribution in [0.4, 0.5) is 0 Å². The predicted molar refractivity (Wildman–Crippen MR) is 256 cm³/mol. The minimum Gasteiger partial charge on any atom is -0.456 e. The topological polar surface area (TPSA) is 69.9 Å². The van der Waals surface area contributed by atoms with E-state index in [1.54, 1.807) is 0 Å². The van der Waals surface area contributed by atoms with Crippen molar-refractivity contribution in [3.63, 3.8) is 0 Å². The third-order valence-corrected chi connectivity index (χ3v) is 12.3. The molecule has 0 saturated carbocycles. The number of nitrogens with zero attached hydrogens (tertiary/aromatic N) is 4. The summed E-state index contributed by atoms with van der Waals surface area (Å²) in [5, 5.41) is 6.54. The fourth-order valence-electron chi connectivity index (χ4n) is 9.41. The molecule has 63 heavy (non-hydrogen) atoms. The number of furan rings is 2. The maximum Gasteiger partial charge on any atom is 0.164 e. The molecule has 0 aliphatic heterocycles. The van der Waals surface area contributed by atoms with E-state index >= 15 is 0 Å². The van der Waals surface area contributed by atoms with Crippen molar-refractivity contribution in [1.29, 1.82) is 0 Å². The van der Waals surface area contributed by atoms with Gasteiger partial charge in [0, 0.05) is 60.3 Å². The SMILES string of the molecule is c1ccc(-c2ccccc2-c2nc(-c3ccc4oc5ccccc5c4c3)nc(-c3ccccc3-c3cc(-n4c5ccccc5c5ccccc54)cc4c3oc3ccccc34)n2)cc1. The minimum absolute atomic E-state index is 0.553. The van der Waals surface area contributed by atoms with E-state index in [-0.39, 0.29) is 0 Å². The van der Waals surface area contributed by atoms with E-state index in [2.05, 4.69) is 156 Å². The molecule has 0 bridgehead atoms. The number of benzene rings is 9. The maximum absolute atomic E-state index is 6.82. The van der Waals surface area contributed by atoms with Gasteiger partial charge in [-0.05, 0) is 71.3 Å². The third kappa shape index (κ3) is 5.62. The summed E-state index contributed by atoms with van der Waals surface area (Å²) in [4.78, 5) is 16.0. The average Bonchev–Trinajstić information content (AvgIpc) is 4.03. The number of para-hydroxylation sites is 4. The van der Waals surface area contributed by atoms with Crippen molar-refractivity contribution in [3.05, 3.63) is 206 Å². The Morgan fingerprint density at radius 2 is 0.810 bits per heavy atom. The summed E-state index contributed by atoms with van der Waals surface area (Å²) in [6, 6.07) is 71.5. The molecule has 0 radical (unpaired) electrons. The second-order valence-electron chi connectivity index (χ2n) is 15.9. The standard InChI is InChI=1S/C57H34N4O2/c1-2-16-35(17-3-1)38-18-4-6-24-44(38)56-58-55(36-30-31-53-46(32-36)42-22-10-14-28-51(42)62-53)59-57(60-56)45-25-7-5-19-39(45)47-33-37(34-48-43-23-11-15-29-52(43)63-54(47)48)61-49-26-12-8-20-40(49)41-21-9-13-27-50(41)61/h1-34H. The van der Waals surface area contributed by atoms with Gasteiger partial charge in [0.2, 0.25) is 0 Å². The van der Waals surface area contributed by atoms with E-state index in [1.807, 2.05) is 54.6 Å². The number of aromatic nitrogens is 4. The molecule has 0 N–H and O–H groups in total. The lowest BCUT2D eigenvalue weighted by atomic mass is 9.96. The average molecular weight is 807 g/mol. The highest BCUT2D eigenvalue weighted by Gasteiger charge is 2.23. The molecule has 0 unspecified atom stereocenters. The zero-order valence-electron chi connectivity index (χ0n) is 33.7. The summed E-state index contributed by atoms with van der Waals surface area (Å²) in [5.74, 6) is 1.69. The molecule has 0 spiro atoms. The molecule has 4 aromatic heterocycles. The van der Waals surface area contributed by atoms with Crippen LogP contribution in [0.15, 0.2) is 215 Å². The first-order chi connectivity index (χ1) is 31.2. The molecule has 294 valence electrons. The van der Waals surface area contributed by atoms with E-state index in [0.29, 0.717) is 17.5 Å². The van der Waals surface area contributed by atoms with Gasteiger partial charge in [-0.2, -0.15) is 0 Å². The van der Waals surface area contributed by atoms with Crippen LogP contribution < -0.4 is 0 Å². The van der Waals surface area contributed by atoms with Crippen molar-refractivity contribution in [1.82, 2.24) is 19.5 Å². The minimum atomic E-state index is 0.553. The molecule has 13 rings (SSSR count). The smallest absolute Gasteiger partial charge is 0.164 e. The molecule has 0 aliphatic rings. The van der Waals surface area contributed by atoms with Gasteiger partial charge in [0.15, 0.2) is 17.5 Å². The molecule has 6 heteroatoms. The second kappa shape index (κ2) is 14.0. The maximum atomic E-state index is 6.82. The van der Waals surface area contributed by atoms with Gasteiger partial charge in [-0.3, -0.25) is 0 Å². The molecule has 0 atom stereocenters. The van der Waals surface area contributed by atoms with Crippen LogP contribution in [0.1, 0.15) is 0 Å². The fourth-order valence-corrected chi connectivity index (χ4v) is 9.41. The van der Waals surface area contributed by atoms with Crippen molar-refractivity contribution < 1.29 is 8.83 Å². The fraction of sp³-hybridized carbons (Fsp3) is 0. The van der Waals surface area contributed by atoms with Gasteiger partial charge in [0.1, 0.15) is 22.3 Å². The van der Waals surface area contributed by atoms with E-state index in [4.69, 9.17) is 23.8 Å². The molecule has 0 aliphatic carbocycles. The van der Waals surface area contributed by atoms with Crippen molar-refractivity contribution in [3.8, 4) is 62.1 Å². The predicted octanol–water partition coefficient (Wildman–Crippen LogP) is 15.1. The van der Waals surface area contributed by atoms with Crippen molar-refractivity contribution >= 4 is 65.7 Å². The van der Waals surface area contributed by atoms with Crippen LogP contribution in [0.25, 0.3) is 128 Å². The van der Waals surface area contributed by atoms with Crippen molar-refractivity contribution in [2.75, 3.05) is 0 Å². The first kappa shape index (κ1) is 35.2. The molecule has 9 aromatic carbocycles. The van der Waals surface area contributed by atoms with E-state index in [9.17, 15) is 0 Å². The molecule has 6 nitrogen and oxygen atoms in total. The summed E-state index contributed by atoms with van der Waals surface area (Å²) >= 11 is 0. The van der Waals surface area contributed by atoms with Crippen LogP contribution >= 0.6 is 0 Å². The van der Waals surface area contributed by atoms with Gasteiger partial charge in [0.05, 0.1) is 11.0 Å².